The Morgan fingerprint density at radius 1 is 1.29 bits per heavy atom. The van der Waals surface area contributed by atoms with Crippen LogP contribution in [0.3, 0.4) is 0 Å². The van der Waals surface area contributed by atoms with Crippen LogP contribution in [0, 0.1) is 0 Å². The number of nitrogens with zero attached hydrogens (tertiary/aromatic N) is 5. The van der Waals surface area contributed by atoms with Crippen LogP contribution in [0.15, 0.2) is 24.9 Å². The molecule has 1 aliphatic rings. The number of β-amino-alcohol motifs (C(OH)–C–C–N with tert-alkyl or cyclic N) is 1. The van der Waals surface area contributed by atoms with E-state index in [2.05, 4.69) is 14.9 Å². The lowest BCUT2D eigenvalue weighted by Crippen LogP contribution is -2.36. The van der Waals surface area contributed by atoms with E-state index in [9.17, 15) is 0 Å². The van der Waals surface area contributed by atoms with Crippen LogP contribution in [0.4, 0.5) is 0 Å². The van der Waals surface area contributed by atoms with Gasteiger partial charge in [0.2, 0.25) is 0 Å². The number of aliphatic hydroxyl groups is 1. The maximum Gasteiger partial charge on any atom is 0.107 e. The van der Waals surface area contributed by atoms with Crippen LogP contribution >= 0.6 is 0 Å². The topological polar surface area (TPSA) is 67.1 Å². The Morgan fingerprint density at radius 2 is 2.19 bits per heavy atom. The summed E-state index contributed by atoms with van der Waals surface area (Å²) in [4.78, 5) is 15.6. The molecule has 1 atom stereocenters. The second-order valence-electron chi connectivity index (χ2n) is 5.58. The van der Waals surface area contributed by atoms with Crippen molar-refractivity contribution in [2.75, 3.05) is 26.2 Å². The molecule has 0 aromatic carbocycles. The molecule has 1 saturated heterocycles. The maximum atomic E-state index is 9.10. The summed E-state index contributed by atoms with van der Waals surface area (Å²) < 4.78 is 1.95. The van der Waals surface area contributed by atoms with Gasteiger partial charge >= 0.3 is 0 Å². The zero-order valence-electron chi connectivity index (χ0n) is 12.3. The molecule has 1 fully saturated rings. The molecule has 6 nitrogen and oxygen atoms in total. The molecule has 0 unspecified atom stereocenters. The van der Waals surface area contributed by atoms with Crippen molar-refractivity contribution in [3.05, 3.63) is 30.6 Å². The number of hydrogen-bond acceptors (Lipinski definition) is 5. The van der Waals surface area contributed by atoms with Gasteiger partial charge in [0.1, 0.15) is 5.69 Å². The minimum absolute atomic E-state index is 0.216. The van der Waals surface area contributed by atoms with Crippen molar-refractivity contribution in [3.63, 3.8) is 0 Å². The highest BCUT2D eigenvalue weighted by molar-refractivity contribution is 5.52. The lowest BCUT2D eigenvalue weighted by Gasteiger charge is -2.31. The van der Waals surface area contributed by atoms with E-state index in [0.717, 1.165) is 49.6 Å². The van der Waals surface area contributed by atoms with E-state index >= 15 is 0 Å². The molecule has 6 heteroatoms. The number of aryl methyl sites for hydroxylation is 1. The van der Waals surface area contributed by atoms with Gasteiger partial charge in [-0.25, -0.2) is 9.97 Å². The van der Waals surface area contributed by atoms with Crippen molar-refractivity contribution in [1.82, 2.24) is 24.4 Å². The van der Waals surface area contributed by atoms with Gasteiger partial charge in [0, 0.05) is 32.3 Å². The summed E-state index contributed by atoms with van der Waals surface area (Å²) in [6.45, 7) is 2.97. The third-order valence-corrected chi connectivity index (χ3v) is 4.07. The van der Waals surface area contributed by atoms with Crippen molar-refractivity contribution in [2.24, 2.45) is 7.05 Å². The van der Waals surface area contributed by atoms with Crippen molar-refractivity contribution >= 4 is 0 Å². The van der Waals surface area contributed by atoms with Crippen molar-refractivity contribution in [3.8, 4) is 11.4 Å². The first-order chi connectivity index (χ1) is 10.3. The van der Waals surface area contributed by atoms with E-state index in [-0.39, 0.29) is 6.61 Å². The number of likely N-dealkylation sites (tertiary alicyclic amines) is 1. The summed E-state index contributed by atoms with van der Waals surface area (Å²) >= 11 is 0. The van der Waals surface area contributed by atoms with Crippen molar-refractivity contribution in [1.29, 1.82) is 0 Å². The van der Waals surface area contributed by atoms with Crippen LogP contribution in [-0.4, -0.2) is 55.8 Å². The molecule has 1 aliphatic heterocycles. The first kappa shape index (κ1) is 14.2. The van der Waals surface area contributed by atoms with E-state index in [4.69, 9.17) is 10.1 Å². The van der Waals surface area contributed by atoms with E-state index in [1.54, 1.807) is 12.5 Å². The second-order valence-corrected chi connectivity index (χ2v) is 5.58. The Morgan fingerprint density at radius 3 is 2.95 bits per heavy atom. The molecule has 0 aliphatic carbocycles. The number of rotatable bonds is 4. The predicted molar refractivity (Wildman–Crippen MR) is 79.7 cm³/mol. The van der Waals surface area contributed by atoms with E-state index in [0.29, 0.717) is 5.92 Å². The summed E-state index contributed by atoms with van der Waals surface area (Å²) in [5.74, 6) is 0.394. The molecule has 112 valence electrons. The lowest BCUT2D eigenvalue weighted by atomic mass is 9.95. The SMILES string of the molecule is Cn1cncc1-c1cncc([C@H]2CCCN(CCO)C2)n1. The summed E-state index contributed by atoms with van der Waals surface area (Å²) in [5, 5.41) is 9.10. The van der Waals surface area contributed by atoms with Gasteiger partial charge in [0.25, 0.3) is 0 Å². The van der Waals surface area contributed by atoms with Gasteiger partial charge in [-0.2, -0.15) is 0 Å². The zero-order valence-corrected chi connectivity index (χ0v) is 12.3. The fourth-order valence-corrected chi connectivity index (χ4v) is 2.95. The van der Waals surface area contributed by atoms with Crippen LogP contribution in [0.1, 0.15) is 24.5 Å². The highest BCUT2D eigenvalue weighted by Gasteiger charge is 2.22. The van der Waals surface area contributed by atoms with Crippen LogP contribution in [0.25, 0.3) is 11.4 Å². The molecule has 0 radical (unpaired) electrons. The average molecular weight is 287 g/mol. The maximum absolute atomic E-state index is 9.10. The van der Waals surface area contributed by atoms with Gasteiger partial charge in [-0.3, -0.25) is 4.98 Å². The average Bonchev–Trinajstić information content (AvgIpc) is 2.94. The van der Waals surface area contributed by atoms with Gasteiger partial charge in [0.15, 0.2) is 0 Å². The Labute approximate surface area is 124 Å². The molecule has 0 spiro atoms. The third-order valence-electron chi connectivity index (χ3n) is 4.07. The van der Waals surface area contributed by atoms with E-state index < -0.39 is 0 Å². The molecule has 3 rings (SSSR count). The van der Waals surface area contributed by atoms with E-state index in [1.165, 1.54) is 0 Å². The molecule has 21 heavy (non-hydrogen) atoms. The van der Waals surface area contributed by atoms with Crippen molar-refractivity contribution < 1.29 is 5.11 Å². The molecule has 1 N–H and O–H groups in total. The second kappa shape index (κ2) is 6.32. The predicted octanol–water partition coefficient (Wildman–Crippen LogP) is 1.05. The summed E-state index contributed by atoms with van der Waals surface area (Å²) in [5.41, 5.74) is 2.88. The minimum atomic E-state index is 0.216. The molecule has 0 saturated carbocycles. The molecular formula is C15H21N5O. The fourth-order valence-electron chi connectivity index (χ4n) is 2.95. The summed E-state index contributed by atoms with van der Waals surface area (Å²) in [7, 11) is 1.96. The molecular weight excluding hydrogens is 266 g/mol. The Kier molecular flexibility index (Phi) is 4.26. The Balaban J connectivity index is 1.81. The van der Waals surface area contributed by atoms with Gasteiger partial charge in [-0.15, -0.1) is 0 Å². The molecule has 0 bridgehead atoms. The Hall–Kier alpha value is -1.79. The molecule has 2 aromatic heterocycles. The number of aromatic nitrogens is 4. The third kappa shape index (κ3) is 3.11. The van der Waals surface area contributed by atoms with Crippen LogP contribution in [0.2, 0.25) is 0 Å². The standard InChI is InChI=1S/C15H21N5O/c1-19-11-17-9-15(19)14-8-16-7-13(18-14)12-3-2-4-20(10-12)5-6-21/h7-9,11-12,21H,2-6,10H2,1H3/t12-/m0/s1. The summed E-state index contributed by atoms with van der Waals surface area (Å²) in [6.07, 6.45) is 9.51. The fraction of sp³-hybridized carbons (Fsp3) is 0.533. The molecule has 3 heterocycles. The first-order valence-corrected chi connectivity index (χ1v) is 7.40. The number of imidazole rings is 1. The van der Waals surface area contributed by atoms with Gasteiger partial charge in [0.05, 0.1) is 36.7 Å². The normalized spacial score (nSPS) is 19.8. The van der Waals surface area contributed by atoms with Crippen LogP contribution < -0.4 is 0 Å². The first-order valence-electron chi connectivity index (χ1n) is 7.40. The lowest BCUT2D eigenvalue weighted by molar-refractivity contribution is 0.160. The minimum Gasteiger partial charge on any atom is -0.395 e. The van der Waals surface area contributed by atoms with Gasteiger partial charge < -0.3 is 14.6 Å². The van der Waals surface area contributed by atoms with Crippen LogP contribution in [-0.2, 0) is 7.05 Å². The van der Waals surface area contributed by atoms with Crippen LogP contribution in [0.5, 0.6) is 0 Å². The number of hydrogen-bond donors (Lipinski definition) is 1. The Bertz CT molecular complexity index is 595. The van der Waals surface area contributed by atoms with Gasteiger partial charge in [-0.1, -0.05) is 0 Å². The molecule has 0 amide bonds. The summed E-state index contributed by atoms with van der Waals surface area (Å²) in [6, 6.07) is 0. The highest BCUT2D eigenvalue weighted by atomic mass is 16.3. The van der Waals surface area contributed by atoms with E-state index in [1.807, 2.05) is 24.0 Å². The molecule has 2 aromatic rings. The highest BCUT2D eigenvalue weighted by Crippen LogP contribution is 2.26. The van der Waals surface area contributed by atoms with Crippen molar-refractivity contribution in [2.45, 2.75) is 18.8 Å². The smallest absolute Gasteiger partial charge is 0.107 e. The van der Waals surface area contributed by atoms with Gasteiger partial charge in [-0.05, 0) is 19.4 Å². The number of piperidine rings is 1. The monoisotopic (exact) mass is 287 g/mol. The largest absolute Gasteiger partial charge is 0.395 e. The quantitative estimate of drug-likeness (QED) is 0.910. The number of aliphatic hydroxyl groups excluding tert-OH is 1. The zero-order chi connectivity index (χ0) is 14.7.